The predicted molar refractivity (Wildman–Crippen MR) is 80.6 cm³/mol. The number of fused-ring (bicyclic) bond motifs is 1. The molecule has 1 atom stereocenters. The summed E-state index contributed by atoms with van der Waals surface area (Å²) in [6, 6.07) is 5.49. The molecule has 1 aromatic carbocycles. The number of benzene rings is 1. The topological polar surface area (TPSA) is 61.6 Å². The molecule has 112 valence electrons. The number of carboxylic acids is 1. The molecule has 1 N–H and O–H groups in total. The molecule has 0 aliphatic carbocycles. The van der Waals surface area contributed by atoms with E-state index in [0.717, 1.165) is 37.2 Å². The van der Waals surface area contributed by atoms with Gasteiger partial charge < -0.3 is 14.6 Å². The first-order valence-electron chi connectivity index (χ1n) is 7.11. The zero-order chi connectivity index (χ0) is 15.0. The highest BCUT2D eigenvalue weighted by Gasteiger charge is 2.23. The van der Waals surface area contributed by atoms with E-state index >= 15 is 0 Å². The maximum Gasteiger partial charge on any atom is 0.335 e. The Bertz CT molecular complexity index is 667. The van der Waals surface area contributed by atoms with Crippen LogP contribution in [0.2, 0.25) is 0 Å². The van der Waals surface area contributed by atoms with Crippen molar-refractivity contribution in [3.8, 4) is 0 Å². The Hall–Kier alpha value is -1.92. The van der Waals surface area contributed by atoms with Gasteiger partial charge >= 0.3 is 5.97 Å². The zero-order valence-electron chi connectivity index (χ0n) is 12.4. The molecule has 0 radical (unpaired) electrons. The third-order valence-corrected chi connectivity index (χ3v) is 4.26. The third-order valence-electron chi connectivity index (χ3n) is 4.26. The van der Waals surface area contributed by atoms with Gasteiger partial charge in [-0.05, 0) is 32.3 Å². The molecule has 3 rings (SSSR count). The van der Waals surface area contributed by atoms with Crippen LogP contribution in [0.1, 0.15) is 10.4 Å². The Morgan fingerprint density at radius 1 is 1.38 bits per heavy atom. The number of rotatable bonds is 3. The van der Waals surface area contributed by atoms with Crippen LogP contribution in [-0.2, 0) is 6.54 Å². The molecule has 21 heavy (non-hydrogen) atoms. The Balaban J connectivity index is 1.89. The second-order valence-corrected chi connectivity index (χ2v) is 5.80. The molecule has 1 aliphatic heterocycles. The van der Waals surface area contributed by atoms with Crippen LogP contribution >= 0.6 is 0 Å². The van der Waals surface area contributed by atoms with Crippen molar-refractivity contribution in [2.24, 2.45) is 0 Å². The van der Waals surface area contributed by atoms with Crippen molar-refractivity contribution in [3.63, 3.8) is 0 Å². The van der Waals surface area contributed by atoms with Gasteiger partial charge in [-0.3, -0.25) is 4.90 Å². The van der Waals surface area contributed by atoms with Gasteiger partial charge in [-0.2, -0.15) is 0 Å². The van der Waals surface area contributed by atoms with Gasteiger partial charge in [0.1, 0.15) is 0 Å². The fourth-order valence-corrected chi connectivity index (χ4v) is 2.86. The summed E-state index contributed by atoms with van der Waals surface area (Å²) >= 11 is 0. The Morgan fingerprint density at radius 2 is 2.19 bits per heavy atom. The van der Waals surface area contributed by atoms with Crippen molar-refractivity contribution >= 4 is 17.0 Å². The lowest BCUT2D eigenvalue weighted by atomic mass is 10.1. The van der Waals surface area contributed by atoms with E-state index in [2.05, 4.69) is 33.4 Å². The van der Waals surface area contributed by atoms with Gasteiger partial charge in [0.2, 0.25) is 0 Å². The second-order valence-electron chi connectivity index (χ2n) is 5.80. The smallest absolute Gasteiger partial charge is 0.335 e. The van der Waals surface area contributed by atoms with E-state index in [4.69, 9.17) is 5.11 Å². The van der Waals surface area contributed by atoms with Crippen LogP contribution in [0.4, 0.5) is 0 Å². The molecule has 1 aromatic heterocycles. The molecule has 1 aliphatic rings. The van der Waals surface area contributed by atoms with Crippen LogP contribution in [0, 0.1) is 0 Å². The summed E-state index contributed by atoms with van der Waals surface area (Å²) in [6.07, 6.45) is 1.80. The van der Waals surface area contributed by atoms with E-state index in [1.54, 1.807) is 24.5 Å². The summed E-state index contributed by atoms with van der Waals surface area (Å²) < 4.78 is 2.06. The molecule has 6 heteroatoms. The van der Waals surface area contributed by atoms with Crippen LogP contribution in [0.15, 0.2) is 24.5 Å². The van der Waals surface area contributed by atoms with E-state index in [0.29, 0.717) is 11.6 Å². The number of hydrogen-bond acceptors (Lipinski definition) is 4. The molecule has 0 spiro atoms. The normalized spacial score (nSPS) is 21.0. The van der Waals surface area contributed by atoms with Gasteiger partial charge in [0.25, 0.3) is 0 Å². The van der Waals surface area contributed by atoms with Crippen molar-refractivity contribution < 1.29 is 9.90 Å². The van der Waals surface area contributed by atoms with Crippen molar-refractivity contribution in [1.82, 2.24) is 19.4 Å². The average molecular weight is 288 g/mol. The SMILES string of the molecule is CN1CCN(C)C(Cn2cnc3ccc(C(=O)O)cc32)C1. The van der Waals surface area contributed by atoms with E-state index in [1.807, 2.05) is 0 Å². The van der Waals surface area contributed by atoms with Gasteiger partial charge in [0.05, 0.1) is 22.9 Å². The average Bonchev–Trinajstić information content (AvgIpc) is 2.85. The van der Waals surface area contributed by atoms with Crippen LogP contribution in [0.3, 0.4) is 0 Å². The number of hydrogen-bond donors (Lipinski definition) is 1. The van der Waals surface area contributed by atoms with E-state index in [-0.39, 0.29) is 0 Å². The fourth-order valence-electron chi connectivity index (χ4n) is 2.86. The lowest BCUT2D eigenvalue weighted by Gasteiger charge is -2.37. The van der Waals surface area contributed by atoms with Crippen LogP contribution in [-0.4, -0.2) is 70.2 Å². The molecule has 2 heterocycles. The monoisotopic (exact) mass is 288 g/mol. The molecule has 0 bridgehead atoms. The first-order chi connectivity index (χ1) is 10.0. The van der Waals surface area contributed by atoms with Gasteiger partial charge in [0.15, 0.2) is 0 Å². The highest BCUT2D eigenvalue weighted by molar-refractivity contribution is 5.92. The quantitative estimate of drug-likeness (QED) is 0.912. The fraction of sp³-hybridized carbons (Fsp3) is 0.467. The molecule has 0 saturated carbocycles. The number of nitrogens with zero attached hydrogens (tertiary/aromatic N) is 4. The minimum atomic E-state index is -0.904. The lowest BCUT2D eigenvalue weighted by molar-refractivity contribution is 0.0697. The largest absolute Gasteiger partial charge is 0.478 e. The van der Waals surface area contributed by atoms with Crippen molar-refractivity contribution in [2.45, 2.75) is 12.6 Å². The summed E-state index contributed by atoms with van der Waals surface area (Å²) in [6.45, 7) is 3.96. The van der Waals surface area contributed by atoms with Crippen LogP contribution in [0.25, 0.3) is 11.0 Å². The number of aromatic carboxylic acids is 1. The Labute approximate surface area is 123 Å². The minimum absolute atomic E-state index is 0.304. The number of likely N-dealkylation sites (N-methyl/N-ethyl adjacent to an activating group) is 2. The van der Waals surface area contributed by atoms with Crippen LogP contribution < -0.4 is 0 Å². The third kappa shape index (κ3) is 2.77. The summed E-state index contributed by atoms with van der Waals surface area (Å²) in [7, 11) is 4.27. The predicted octanol–water partition coefficient (Wildman–Crippen LogP) is 0.980. The number of carbonyl (C=O) groups is 1. The van der Waals surface area contributed by atoms with E-state index in [9.17, 15) is 4.79 Å². The molecule has 2 aromatic rings. The molecular formula is C15H20N4O2. The molecule has 1 fully saturated rings. The standard InChI is InChI=1S/C15H20N4O2/c1-17-5-6-18(2)12(8-17)9-19-10-16-13-4-3-11(15(20)21)7-14(13)19/h3-4,7,10,12H,5-6,8-9H2,1-2H3,(H,20,21). The van der Waals surface area contributed by atoms with Gasteiger partial charge in [0, 0.05) is 32.2 Å². The molecular weight excluding hydrogens is 268 g/mol. The van der Waals surface area contributed by atoms with Crippen molar-refractivity contribution in [3.05, 3.63) is 30.1 Å². The number of aromatic nitrogens is 2. The Kier molecular flexibility index (Phi) is 3.65. The van der Waals surface area contributed by atoms with Gasteiger partial charge in [-0.15, -0.1) is 0 Å². The summed E-state index contributed by atoms with van der Waals surface area (Å²) in [5.41, 5.74) is 2.03. The minimum Gasteiger partial charge on any atom is -0.478 e. The zero-order valence-corrected chi connectivity index (χ0v) is 12.4. The summed E-state index contributed by atoms with van der Waals surface area (Å²) in [5, 5.41) is 9.13. The summed E-state index contributed by atoms with van der Waals surface area (Å²) in [5.74, 6) is -0.904. The maximum atomic E-state index is 11.1. The number of carboxylic acid groups (broad SMARTS) is 1. The number of imidazole rings is 1. The molecule has 1 unspecified atom stereocenters. The Morgan fingerprint density at radius 3 is 2.95 bits per heavy atom. The van der Waals surface area contributed by atoms with E-state index < -0.39 is 5.97 Å². The van der Waals surface area contributed by atoms with Crippen LogP contribution in [0.5, 0.6) is 0 Å². The highest BCUT2D eigenvalue weighted by Crippen LogP contribution is 2.17. The molecule has 6 nitrogen and oxygen atoms in total. The lowest BCUT2D eigenvalue weighted by Crippen LogP contribution is -2.51. The first-order valence-corrected chi connectivity index (χ1v) is 7.11. The van der Waals surface area contributed by atoms with Gasteiger partial charge in [-0.25, -0.2) is 9.78 Å². The van der Waals surface area contributed by atoms with Gasteiger partial charge in [-0.1, -0.05) is 0 Å². The second kappa shape index (κ2) is 5.46. The van der Waals surface area contributed by atoms with Crippen molar-refractivity contribution in [1.29, 1.82) is 0 Å². The maximum absolute atomic E-state index is 11.1. The molecule has 1 saturated heterocycles. The highest BCUT2D eigenvalue weighted by atomic mass is 16.4. The summed E-state index contributed by atoms with van der Waals surface area (Å²) in [4.78, 5) is 20.2. The van der Waals surface area contributed by atoms with E-state index in [1.165, 1.54) is 0 Å². The first kappa shape index (κ1) is 14.0. The van der Waals surface area contributed by atoms with Crippen molar-refractivity contribution in [2.75, 3.05) is 33.7 Å². The molecule has 0 amide bonds. The number of piperazine rings is 1.